The minimum Gasteiger partial charge on any atom is -0.294 e. The van der Waals surface area contributed by atoms with Crippen LogP contribution in [-0.2, 0) is 4.79 Å². The van der Waals surface area contributed by atoms with Gasteiger partial charge < -0.3 is 0 Å². The van der Waals surface area contributed by atoms with Crippen LogP contribution in [0.2, 0.25) is 0 Å². The second-order valence-electron chi connectivity index (χ2n) is 10.6. The maximum atomic E-state index is 13.6. The first kappa shape index (κ1) is 18.6. The second kappa shape index (κ2) is 6.54. The Kier molecular flexibility index (Phi) is 4.34. The molecule has 4 fully saturated rings. The van der Waals surface area contributed by atoms with Crippen LogP contribution in [0.5, 0.6) is 0 Å². The SMILES string of the molecule is C[C@@]12CCCCC1CCC1C2CC[C@@]2(C)C(=O)/C(=C/c3cccc(F)c3)CC12. The van der Waals surface area contributed by atoms with Gasteiger partial charge in [-0.2, -0.15) is 0 Å². The van der Waals surface area contributed by atoms with Crippen LogP contribution in [0, 0.1) is 40.3 Å². The second-order valence-corrected chi connectivity index (χ2v) is 10.6. The van der Waals surface area contributed by atoms with Crippen LogP contribution in [0.4, 0.5) is 4.39 Å². The zero-order valence-electron chi connectivity index (χ0n) is 17.3. The molecule has 150 valence electrons. The molecule has 28 heavy (non-hydrogen) atoms. The summed E-state index contributed by atoms with van der Waals surface area (Å²) in [5.41, 5.74) is 2.07. The first-order valence-corrected chi connectivity index (χ1v) is 11.4. The molecule has 0 amide bonds. The number of allylic oxidation sites excluding steroid dienone is 1. The zero-order valence-corrected chi connectivity index (χ0v) is 17.3. The van der Waals surface area contributed by atoms with Crippen LogP contribution in [0.15, 0.2) is 29.8 Å². The maximum Gasteiger partial charge on any atom is 0.165 e. The number of fused-ring (bicyclic) bond motifs is 5. The van der Waals surface area contributed by atoms with Gasteiger partial charge in [0.25, 0.3) is 0 Å². The quantitative estimate of drug-likeness (QED) is 0.488. The summed E-state index contributed by atoms with van der Waals surface area (Å²) in [6.07, 6.45) is 13.4. The summed E-state index contributed by atoms with van der Waals surface area (Å²) in [6.45, 7) is 4.81. The Hall–Kier alpha value is -1.44. The van der Waals surface area contributed by atoms with Crippen molar-refractivity contribution in [3.05, 3.63) is 41.2 Å². The van der Waals surface area contributed by atoms with E-state index in [1.54, 1.807) is 12.1 Å². The lowest BCUT2D eigenvalue weighted by molar-refractivity contribution is -0.137. The smallest absolute Gasteiger partial charge is 0.165 e. The standard InChI is InChI=1S/C26H33FO/c1-25-12-4-3-7-19(25)9-10-21-22(25)11-13-26(2)23(21)16-18(24(26)28)14-17-6-5-8-20(27)15-17/h5-6,8,14-15,19,21-23H,3-4,7,9-13,16H2,1-2H3/b18-14+/t19?,21?,22?,23?,25-,26-/m1/s1. The monoisotopic (exact) mass is 380 g/mol. The van der Waals surface area contributed by atoms with Crippen molar-refractivity contribution in [1.29, 1.82) is 0 Å². The third-order valence-corrected chi connectivity index (χ3v) is 9.41. The first-order valence-electron chi connectivity index (χ1n) is 11.4. The first-order chi connectivity index (χ1) is 13.4. The summed E-state index contributed by atoms with van der Waals surface area (Å²) < 4.78 is 13.6. The Morgan fingerprint density at radius 3 is 2.71 bits per heavy atom. The van der Waals surface area contributed by atoms with Gasteiger partial charge in [0, 0.05) is 5.41 Å². The molecular weight excluding hydrogens is 347 g/mol. The van der Waals surface area contributed by atoms with Crippen LogP contribution in [0.1, 0.15) is 77.2 Å². The Labute approximate surface area is 168 Å². The van der Waals surface area contributed by atoms with E-state index < -0.39 is 0 Å². The number of benzene rings is 1. The minimum absolute atomic E-state index is 0.196. The fourth-order valence-corrected chi connectivity index (χ4v) is 7.89. The van der Waals surface area contributed by atoms with Gasteiger partial charge >= 0.3 is 0 Å². The van der Waals surface area contributed by atoms with Crippen molar-refractivity contribution in [3.8, 4) is 0 Å². The van der Waals surface area contributed by atoms with E-state index in [4.69, 9.17) is 0 Å². The molecule has 0 N–H and O–H groups in total. The van der Waals surface area contributed by atoms with Crippen molar-refractivity contribution in [2.45, 2.75) is 71.6 Å². The van der Waals surface area contributed by atoms with Gasteiger partial charge in [-0.05, 0) is 103 Å². The van der Waals surface area contributed by atoms with Crippen molar-refractivity contribution >= 4 is 11.9 Å². The molecule has 5 rings (SSSR count). The number of rotatable bonds is 1. The summed E-state index contributed by atoms with van der Waals surface area (Å²) in [6, 6.07) is 6.65. The van der Waals surface area contributed by atoms with E-state index in [0.717, 1.165) is 35.8 Å². The van der Waals surface area contributed by atoms with Crippen LogP contribution < -0.4 is 0 Å². The van der Waals surface area contributed by atoms with Crippen molar-refractivity contribution in [1.82, 2.24) is 0 Å². The molecule has 4 saturated carbocycles. The summed E-state index contributed by atoms with van der Waals surface area (Å²) >= 11 is 0. The normalized spacial score (nSPS) is 44.1. The Bertz CT molecular complexity index is 825. The van der Waals surface area contributed by atoms with E-state index in [2.05, 4.69) is 13.8 Å². The molecular formula is C26H33FO. The van der Waals surface area contributed by atoms with E-state index in [0.29, 0.717) is 23.0 Å². The third-order valence-electron chi connectivity index (χ3n) is 9.41. The van der Waals surface area contributed by atoms with Gasteiger partial charge in [-0.3, -0.25) is 4.79 Å². The number of carbonyl (C=O) groups excluding carboxylic acids is 1. The Morgan fingerprint density at radius 2 is 1.89 bits per heavy atom. The van der Waals surface area contributed by atoms with Crippen LogP contribution in [0.25, 0.3) is 6.08 Å². The molecule has 0 aromatic heterocycles. The number of hydrogen-bond donors (Lipinski definition) is 0. The number of ketones is 1. The van der Waals surface area contributed by atoms with Gasteiger partial charge in [-0.15, -0.1) is 0 Å². The average Bonchev–Trinajstić information content (AvgIpc) is 2.92. The molecule has 0 saturated heterocycles. The van der Waals surface area contributed by atoms with Crippen molar-refractivity contribution in [2.75, 3.05) is 0 Å². The largest absolute Gasteiger partial charge is 0.294 e. The molecule has 4 unspecified atom stereocenters. The number of Topliss-reactive ketones (excluding diaryl/α,β-unsaturated/α-hetero) is 1. The maximum absolute atomic E-state index is 13.6. The topological polar surface area (TPSA) is 17.1 Å². The average molecular weight is 381 g/mol. The fraction of sp³-hybridized carbons (Fsp3) is 0.654. The highest BCUT2D eigenvalue weighted by Gasteiger charge is 2.60. The lowest BCUT2D eigenvalue weighted by Crippen LogP contribution is -2.52. The van der Waals surface area contributed by atoms with Gasteiger partial charge in [-0.25, -0.2) is 4.39 Å². The molecule has 2 heteroatoms. The number of halogens is 1. The summed E-state index contributed by atoms with van der Waals surface area (Å²) in [5.74, 6) is 3.00. The van der Waals surface area contributed by atoms with Crippen LogP contribution in [0.3, 0.4) is 0 Å². The minimum atomic E-state index is -0.230. The highest BCUT2D eigenvalue weighted by molar-refractivity contribution is 6.05. The zero-order chi connectivity index (χ0) is 19.5. The molecule has 1 nitrogen and oxygen atoms in total. The van der Waals surface area contributed by atoms with E-state index in [1.807, 2.05) is 12.1 Å². The molecule has 1 aromatic rings. The van der Waals surface area contributed by atoms with Gasteiger partial charge in [0.1, 0.15) is 5.82 Å². The molecule has 0 bridgehead atoms. The van der Waals surface area contributed by atoms with E-state index in [-0.39, 0.29) is 11.2 Å². The molecule has 4 aliphatic rings. The predicted molar refractivity (Wildman–Crippen MR) is 111 cm³/mol. The highest BCUT2D eigenvalue weighted by Crippen LogP contribution is 2.66. The molecule has 1 aromatic carbocycles. The van der Waals surface area contributed by atoms with Crippen LogP contribution in [-0.4, -0.2) is 5.78 Å². The van der Waals surface area contributed by atoms with Crippen molar-refractivity contribution in [2.24, 2.45) is 34.5 Å². The fourth-order valence-electron chi connectivity index (χ4n) is 7.89. The predicted octanol–water partition coefficient (Wildman–Crippen LogP) is 6.82. The van der Waals surface area contributed by atoms with Crippen LogP contribution >= 0.6 is 0 Å². The molecule has 4 aliphatic carbocycles. The molecule has 0 aliphatic heterocycles. The number of carbonyl (C=O) groups is 1. The molecule has 0 heterocycles. The van der Waals surface area contributed by atoms with E-state index in [9.17, 15) is 9.18 Å². The summed E-state index contributed by atoms with van der Waals surface area (Å²) in [5, 5.41) is 0. The van der Waals surface area contributed by atoms with Crippen molar-refractivity contribution < 1.29 is 9.18 Å². The van der Waals surface area contributed by atoms with E-state index in [1.165, 1.54) is 51.0 Å². The molecule has 6 atom stereocenters. The van der Waals surface area contributed by atoms with Gasteiger partial charge in [0.05, 0.1) is 0 Å². The third kappa shape index (κ3) is 2.66. The lowest BCUT2D eigenvalue weighted by Gasteiger charge is -2.59. The number of hydrogen-bond acceptors (Lipinski definition) is 1. The molecule has 0 radical (unpaired) electrons. The lowest BCUT2D eigenvalue weighted by atomic mass is 9.45. The van der Waals surface area contributed by atoms with E-state index >= 15 is 0 Å². The van der Waals surface area contributed by atoms with Gasteiger partial charge in [0.15, 0.2) is 5.78 Å². The van der Waals surface area contributed by atoms with Crippen molar-refractivity contribution in [3.63, 3.8) is 0 Å². The highest BCUT2D eigenvalue weighted by atomic mass is 19.1. The Balaban J connectivity index is 1.46. The summed E-state index contributed by atoms with van der Waals surface area (Å²) in [7, 11) is 0. The van der Waals surface area contributed by atoms with Gasteiger partial charge in [0.2, 0.25) is 0 Å². The molecule has 0 spiro atoms. The van der Waals surface area contributed by atoms with Gasteiger partial charge in [-0.1, -0.05) is 38.8 Å². The summed E-state index contributed by atoms with van der Waals surface area (Å²) in [4.78, 5) is 13.4. The Morgan fingerprint density at radius 1 is 1.04 bits per heavy atom.